The zero-order valence-corrected chi connectivity index (χ0v) is 17.8. The van der Waals surface area contributed by atoms with Crippen molar-refractivity contribution in [3.05, 3.63) is 105 Å². The molecule has 0 bridgehead atoms. The first-order valence-electron chi connectivity index (χ1n) is 9.77. The van der Waals surface area contributed by atoms with Crippen molar-refractivity contribution in [1.82, 2.24) is 0 Å². The van der Waals surface area contributed by atoms with Gasteiger partial charge in [0.25, 0.3) is 5.91 Å². The molecule has 1 N–H and O–H groups in total. The smallest absolute Gasteiger partial charge is 0.336 e. The summed E-state index contributed by atoms with van der Waals surface area (Å²) in [4.78, 5) is 36.4. The summed E-state index contributed by atoms with van der Waals surface area (Å²) in [5.41, 5.74) is 2.13. The van der Waals surface area contributed by atoms with E-state index in [2.05, 4.69) is 5.32 Å². The summed E-state index contributed by atoms with van der Waals surface area (Å²) in [7, 11) is 0. The van der Waals surface area contributed by atoms with Gasteiger partial charge < -0.3 is 14.5 Å². The second-order valence-corrected chi connectivity index (χ2v) is 7.54. The Bertz CT molecular complexity index is 1360. The fourth-order valence-electron chi connectivity index (χ4n) is 3.19. The van der Waals surface area contributed by atoms with Crippen molar-refractivity contribution in [3.8, 4) is 5.75 Å². The number of aryl methyl sites for hydroxylation is 1. The first-order valence-corrected chi connectivity index (χ1v) is 10.1. The molecule has 7 heteroatoms. The largest absolute Gasteiger partial charge is 0.484 e. The van der Waals surface area contributed by atoms with E-state index >= 15 is 0 Å². The summed E-state index contributed by atoms with van der Waals surface area (Å²) in [6.07, 6.45) is 0. The Balaban J connectivity index is 1.43. The lowest BCUT2D eigenvalue weighted by Gasteiger charge is -2.10. The molecule has 1 amide bonds. The summed E-state index contributed by atoms with van der Waals surface area (Å²) in [6, 6.07) is 19.9. The normalized spacial score (nSPS) is 10.7. The average molecular weight is 448 g/mol. The van der Waals surface area contributed by atoms with Crippen molar-refractivity contribution in [3.63, 3.8) is 0 Å². The van der Waals surface area contributed by atoms with Crippen molar-refractivity contribution in [1.29, 1.82) is 0 Å². The highest BCUT2D eigenvalue weighted by atomic mass is 35.5. The Labute approximate surface area is 188 Å². The molecule has 32 heavy (non-hydrogen) atoms. The van der Waals surface area contributed by atoms with Gasteiger partial charge in [-0.3, -0.25) is 9.59 Å². The Kier molecular flexibility index (Phi) is 6.05. The van der Waals surface area contributed by atoms with Crippen LogP contribution in [0.1, 0.15) is 26.3 Å². The van der Waals surface area contributed by atoms with Crippen LogP contribution in [0, 0.1) is 6.92 Å². The molecule has 4 aromatic rings. The zero-order valence-electron chi connectivity index (χ0n) is 17.1. The quantitative estimate of drug-likeness (QED) is 0.321. The molecule has 4 rings (SSSR count). The molecular formula is C25H18ClNO5. The van der Waals surface area contributed by atoms with E-state index in [9.17, 15) is 14.4 Å². The maximum atomic E-state index is 12.5. The number of Topliss-reactive ketones (excluding diaryl/α,β-unsaturated/α-hetero) is 1. The summed E-state index contributed by atoms with van der Waals surface area (Å²) < 4.78 is 10.8. The number of anilines is 1. The SMILES string of the molecule is Cc1cc(=O)oc2cc(OCC(=O)c3ccc(NC(=O)c4ccccc4)cc3)c(Cl)cc12. The van der Waals surface area contributed by atoms with E-state index < -0.39 is 5.63 Å². The van der Waals surface area contributed by atoms with E-state index in [1.807, 2.05) is 6.07 Å². The molecule has 0 radical (unpaired) electrons. The van der Waals surface area contributed by atoms with E-state index in [0.717, 1.165) is 5.56 Å². The molecule has 1 aromatic heterocycles. The van der Waals surface area contributed by atoms with Crippen LogP contribution in [0.2, 0.25) is 5.02 Å². The van der Waals surface area contributed by atoms with Gasteiger partial charge in [0.15, 0.2) is 12.4 Å². The lowest BCUT2D eigenvalue weighted by atomic mass is 10.1. The Hall–Kier alpha value is -3.90. The average Bonchev–Trinajstić information content (AvgIpc) is 2.79. The highest BCUT2D eigenvalue weighted by Crippen LogP contribution is 2.31. The number of ketones is 1. The van der Waals surface area contributed by atoms with Crippen LogP contribution in [0.4, 0.5) is 5.69 Å². The van der Waals surface area contributed by atoms with Gasteiger partial charge in [-0.05, 0) is 55.0 Å². The molecule has 0 aliphatic carbocycles. The van der Waals surface area contributed by atoms with Crippen LogP contribution >= 0.6 is 11.6 Å². The summed E-state index contributed by atoms with van der Waals surface area (Å²) in [6.45, 7) is 1.53. The number of hydrogen-bond acceptors (Lipinski definition) is 5. The Morgan fingerprint density at radius 2 is 1.69 bits per heavy atom. The lowest BCUT2D eigenvalue weighted by Crippen LogP contribution is -2.13. The predicted molar refractivity (Wildman–Crippen MR) is 123 cm³/mol. The van der Waals surface area contributed by atoms with Gasteiger partial charge in [0.05, 0.1) is 5.02 Å². The Morgan fingerprint density at radius 3 is 2.41 bits per heavy atom. The van der Waals surface area contributed by atoms with Gasteiger partial charge in [-0.1, -0.05) is 29.8 Å². The third kappa shape index (κ3) is 4.71. The molecule has 0 aliphatic rings. The minimum Gasteiger partial charge on any atom is -0.484 e. The van der Waals surface area contributed by atoms with Gasteiger partial charge in [-0.25, -0.2) is 4.79 Å². The third-order valence-corrected chi connectivity index (χ3v) is 5.16. The monoisotopic (exact) mass is 447 g/mol. The maximum Gasteiger partial charge on any atom is 0.336 e. The first-order chi connectivity index (χ1) is 15.4. The fourth-order valence-corrected chi connectivity index (χ4v) is 3.41. The van der Waals surface area contributed by atoms with E-state index in [-0.39, 0.29) is 24.0 Å². The zero-order chi connectivity index (χ0) is 22.7. The topological polar surface area (TPSA) is 85.6 Å². The number of carbonyl (C=O) groups excluding carboxylic acids is 2. The molecule has 0 saturated heterocycles. The molecule has 6 nitrogen and oxygen atoms in total. The van der Waals surface area contributed by atoms with Crippen LogP contribution in [-0.2, 0) is 0 Å². The number of halogens is 1. The van der Waals surface area contributed by atoms with Crippen molar-refractivity contribution >= 4 is 39.9 Å². The van der Waals surface area contributed by atoms with E-state index in [0.29, 0.717) is 32.8 Å². The van der Waals surface area contributed by atoms with Gasteiger partial charge in [-0.15, -0.1) is 0 Å². The highest BCUT2D eigenvalue weighted by Gasteiger charge is 2.13. The number of amides is 1. The molecule has 0 aliphatic heterocycles. The molecule has 3 aromatic carbocycles. The van der Waals surface area contributed by atoms with Crippen LogP contribution in [0.25, 0.3) is 11.0 Å². The van der Waals surface area contributed by atoms with Gasteiger partial charge in [0, 0.05) is 34.3 Å². The number of fused-ring (bicyclic) bond motifs is 1. The van der Waals surface area contributed by atoms with Crippen molar-refractivity contribution < 1.29 is 18.7 Å². The molecule has 0 fully saturated rings. The standard InChI is InChI=1S/C25H18ClNO5/c1-15-11-24(29)32-22-13-23(20(26)12-19(15)22)31-14-21(28)16-7-9-18(10-8-16)27-25(30)17-5-3-2-4-6-17/h2-13H,14H2,1H3,(H,27,30). The lowest BCUT2D eigenvalue weighted by molar-refractivity contribution is 0.0921. The summed E-state index contributed by atoms with van der Waals surface area (Å²) in [5, 5.41) is 3.78. The van der Waals surface area contributed by atoms with Crippen molar-refractivity contribution in [2.24, 2.45) is 0 Å². The van der Waals surface area contributed by atoms with Crippen molar-refractivity contribution in [2.45, 2.75) is 6.92 Å². The minimum atomic E-state index is -0.473. The molecule has 0 atom stereocenters. The van der Waals surface area contributed by atoms with E-state index in [1.165, 1.54) is 12.1 Å². The van der Waals surface area contributed by atoms with Gasteiger partial charge in [0.2, 0.25) is 0 Å². The molecular weight excluding hydrogens is 430 g/mol. The van der Waals surface area contributed by atoms with Crippen LogP contribution in [-0.4, -0.2) is 18.3 Å². The summed E-state index contributed by atoms with van der Waals surface area (Å²) >= 11 is 6.27. The van der Waals surface area contributed by atoms with Crippen LogP contribution in [0.15, 0.2) is 82.0 Å². The van der Waals surface area contributed by atoms with Crippen molar-refractivity contribution in [2.75, 3.05) is 11.9 Å². The number of rotatable bonds is 6. The van der Waals surface area contributed by atoms with Gasteiger partial charge >= 0.3 is 5.63 Å². The fraction of sp³-hybridized carbons (Fsp3) is 0.0800. The number of nitrogens with one attached hydrogen (secondary N) is 1. The second-order valence-electron chi connectivity index (χ2n) is 7.14. The summed E-state index contributed by atoms with van der Waals surface area (Å²) in [5.74, 6) is -0.262. The second kappa shape index (κ2) is 9.08. The Morgan fingerprint density at radius 1 is 0.969 bits per heavy atom. The highest BCUT2D eigenvalue weighted by molar-refractivity contribution is 6.32. The van der Waals surface area contributed by atoms with E-state index in [4.69, 9.17) is 20.8 Å². The molecule has 0 unspecified atom stereocenters. The molecule has 160 valence electrons. The molecule has 0 saturated carbocycles. The molecule has 0 spiro atoms. The van der Waals surface area contributed by atoms with Crippen LogP contribution < -0.4 is 15.7 Å². The number of benzene rings is 3. The third-order valence-electron chi connectivity index (χ3n) is 4.86. The predicted octanol–water partition coefficient (Wildman–Crippen LogP) is 5.27. The van der Waals surface area contributed by atoms with Gasteiger partial charge in [0.1, 0.15) is 11.3 Å². The van der Waals surface area contributed by atoms with Crippen LogP contribution in [0.5, 0.6) is 5.75 Å². The van der Waals surface area contributed by atoms with Crippen LogP contribution in [0.3, 0.4) is 0 Å². The molecule has 1 heterocycles. The number of ether oxygens (including phenoxy) is 1. The number of hydrogen-bond donors (Lipinski definition) is 1. The maximum absolute atomic E-state index is 12.5. The van der Waals surface area contributed by atoms with E-state index in [1.54, 1.807) is 61.5 Å². The number of carbonyl (C=O) groups is 2. The minimum absolute atomic E-state index is 0.235. The van der Waals surface area contributed by atoms with Gasteiger partial charge in [-0.2, -0.15) is 0 Å². The first kappa shape index (κ1) is 21.3.